The Balaban J connectivity index is 1.95. The van der Waals surface area contributed by atoms with E-state index in [1.807, 2.05) is 30.3 Å². The number of amides is 1. The lowest BCUT2D eigenvalue weighted by atomic mass is 9.79. The number of ether oxygens (including phenoxy) is 1. The fourth-order valence-corrected chi connectivity index (χ4v) is 4.02. The number of halogens is 4. The minimum absolute atomic E-state index is 0.159. The molecule has 1 fully saturated rings. The maximum atomic E-state index is 13.9. The molecule has 3 aromatic rings. The van der Waals surface area contributed by atoms with E-state index in [1.165, 1.54) is 19.4 Å². The zero-order valence-electron chi connectivity index (χ0n) is 17.8. The molecular weight excluding hydrogens is 453 g/mol. The molecule has 33 heavy (non-hydrogen) atoms. The van der Waals surface area contributed by atoms with Crippen LogP contribution in [0.4, 0.5) is 13.2 Å². The number of pyridine rings is 1. The van der Waals surface area contributed by atoms with Gasteiger partial charge in [0.15, 0.2) is 0 Å². The van der Waals surface area contributed by atoms with Crippen molar-refractivity contribution in [3.63, 3.8) is 0 Å². The molecule has 1 N–H and O–H groups in total. The molecule has 0 aliphatic heterocycles. The molecular formula is C25H22ClF3N2O2. The highest BCUT2D eigenvalue weighted by atomic mass is 35.5. The van der Waals surface area contributed by atoms with Gasteiger partial charge in [0.2, 0.25) is 5.91 Å². The van der Waals surface area contributed by atoms with Gasteiger partial charge in [-0.3, -0.25) is 9.78 Å². The first-order valence-electron chi connectivity index (χ1n) is 10.5. The van der Waals surface area contributed by atoms with Gasteiger partial charge in [-0.1, -0.05) is 48.0 Å². The van der Waals surface area contributed by atoms with Crippen LogP contribution in [0.2, 0.25) is 5.02 Å². The summed E-state index contributed by atoms with van der Waals surface area (Å²) in [6, 6.07) is 16.4. The van der Waals surface area contributed by atoms with E-state index in [0.29, 0.717) is 10.7 Å². The Kier molecular flexibility index (Phi) is 6.34. The molecule has 0 bridgehead atoms. The van der Waals surface area contributed by atoms with E-state index in [2.05, 4.69) is 10.3 Å². The van der Waals surface area contributed by atoms with E-state index in [-0.39, 0.29) is 29.6 Å². The summed E-state index contributed by atoms with van der Waals surface area (Å²) in [5.74, 6) is -0.669. The summed E-state index contributed by atoms with van der Waals surface area (Å²) in [5, 5.41) is 3.44. The number of nitrogens with one attached hydrogen (secondary N) is 1. The number of methoxy groups -OCH3 is 1. The third kappa shape index (κ3) is 4.98. The van der Waals surface area contributed by atoms with Crippen molar-refractivity contribution >= 4 is 17.5 Å². The largest absolute Gasteiger partial charge is 0.496 e. The van der Waals surface area contributed by atoms with Gasteiger partial charge in [-0.15, -0.1) is 0 Å². The van der Waals surface area contributed by atoms with Gasteiger partial charge in [-0.2, -0.15) is 13.2 Å². The Morgan fingerprint density at radius 3 is 2.42 bits per heavy atom. The zero-order valence-corrected chi connectivity index (χ0v) is 18.6. The molecule has 0 unspecified atom stereocenters. The predicted octanol–water partition coefficient (Wildman–Crippen LogP) is 5.77. The first-order valence-corrected chi connectivity index (χ1v) is 10.8. The lowest BCUT2D eigenvalue weighted by Gasteiger charge is -2.36. The number of alkyl halides is 3. The molecule has 0 spiro atoms. The number of benzene rings is 2. The van der Waals surface area contributed by atoms with E-state index in [0.717, 1.165) is 24.5 Å². The summed E-state index contributed by atoms with van der Waals surface area (Å²) >= 11 is 6.04. The minimum atomic E-state index is -4.65. The Hall–Kier alpha value is -3.06. The van der Waals surface area contributed by atoms with Crippen molar-refractivity contribution < 1.29 is 22.7 Å². The third-order valence-electron chi connectivity index (χ3n) is 5.76. The fourth-order valence-electron chi connectivity index (χ4n) is 3.90. The van der Waals surface area contributed by atoms with E-state index < -0.39 is 17.3 Å². The van der Waals surface area contributed by atoms with Crippen molar-refractivity contribution in [2.24, 2.45) is 5.92 Å². The molecule has 8 heteroatoms. The summed E-state index contributed by atoms with van der Waals surface area (Å²) in [6.45, 7) is 0. The van der Waals surface area contributed by atoms with Gasteiger partial charge in [0, 0.05) is 18.5 Å². The second kappa shape index (κ2) is 9.06. The van der Waals surface area contributed by atoms with E-state index >= 15 is 0 Å². The van der Waals surface area contributed by atoms with Crippen LogP contribution in [0.15, 0.2) is 66.9 Å². The lowest BCUT2D eigenvalue weighted by Crippen LogP contribution is -2.49. The van der Waals surface area contributed by atoms with Gasteiger partial charge in [0.25, 0.3) is 0 Å². The number of rotatable bonds is 7. The molecule has 1 amide bonds. The van der Waals surface area contributed by atoms with Crippen LogP contribution in [0, 0.1) is 5.92 Å². The maximum absolute atomic E-state index is 13.9. The van der Waals surface area contributed by atoms with Crippen molar-refractivity contribution in [1.82, 2.24) is 10.3 Å². The van der Waals surface area contributed by atoms with Gasteiger partial charge in [-0.25, -0.2) is 0 Å². The van der Waals surface area contributed by atoms with Gasteiger partial charge in [0.1, 0.15) is 11.3 Å². The standard InChI is InChI=1S/C25H22ClF3N2O2/c1-33-21-11-9-18(13-20(21)25(27,28)29)24(31-23(32)17-7-8-17,14-16-5-3-2-4-6-16)22-12-10-19(26)15-30-22/h2-6,9-13,15,17H,7-8,14H2,1H3,(H,31,32)/t24-/m0/s1. The Morgan fingerprint density at radius 1 is 1.12 bits per heavy atom. The molecule has 0 saturated heterocycles. The van der Waals surface area contributed by atoms with Crippen LogP contribution in [0.3, 0.4) is 0 Å². The summed E-state index contributed by atoms with van der Waals surface area (Å²) in [5.41, 5.74) is -0.798. The summed E-state index contributed by atoms with van der Waals surface area (Å²) in [6.07, 6.45) is -1.53. The molecule has 1 heterocycles. The molecule has 2 aromatic carbocycles. The highest BCUT2D eigenvalue weighted by Crippen LogP contribution is 2.42. The van der Waals surface area contributed by atoms with Crippen LogP contribution in [-0.4, -0.2) is 18.0 Å². The Morgan fingerprint density at radius 2 is 1.85 bits per heavy atom. The highest BCUT2D eigenvalue weighted by molar-refractivity contribution is 6.30. The van der Waals surface area contributed by atoms with Crippen molar-refractivity contribution in [1.29, 1.82) is 0 Å². The van der Waals surface area contributed by atoms with Crippen molar-refractivity contribution in [2.45, 2.75) is 31.0 Å². The number of nitrogens with zero attached hydrogens (tertiary/aromatic N) is 1. The molecule has 1 aliphatic rings. The molecule has 1 aliphatic carbocycles. The van der Waals surface area contributed by atoms with Crippen LogP contribution in [-0.2, 0) is 22.9 Å². The minimum Gasteiger partial charge on any atom is -0.496 e. The topological polar surface area (TPSA) is 51.2 Å². The molecule has 4 nitrogen and oxygen atoms in total. The number of hydrogen-bond acceptors (Lipinski definition) is 3. The van der Waals surface area contributed by atoms with Crippen molar-refractivity contribution in [3.05, 3.63) is 94.3 Å². The van der Waals surface area contributed by atoms with Crippen LogP contribution in [0.1, 0.15) is 35.2 Å². The summed E-state index contributed by atoms with van der Waals surface area (Å²) < 4.78 is 46.6. The van der Waals surface area contributed by atoms with E-state index in [4.69, 9.17) is 16.3 Å². The van der Waals surface area contributed by atoms with Crippen molar-refractivity contribution in [3.8, 4) is 5.75 Å². The summed E-state index contributed by atoms with van der Waals surface area (Å²) in [7, 11) is 1.19. The maximum Gasteiger partial charge on any atom is 0.419 e. The van der Waals surface area contributed by atoms with Gasteiger partial charge >= 0.3 is 6.18 Å². The number of carbonyl (C=O) groups excluding carboxylic acids is 1. The zero-order chi connectivity index (χ0) is 23.6. The Labute approximate surface area is 194 Å². The van der Waals surface area contributed by atoms with Gasteiger partial charge in [0.05, 0.1) is 23.4 Å². The second-order valence-corrected chi connectivity index (χ2v) is 8.54. The van der Waals surface area contributed by atoms with Gasteiger partial charge < -0.3 is 10.1 Å². The highest BCUT2D eigenvalue weighted by Gasteiger charge is 2.43. The second-order valence-electron chi connectivity index (χ2n) is 8.11. The average Bonchev–Trinajstić information content (AvgIpc) is 3.64. The van der Waals surface area contributed by atoms with Crippen LogP contribution in [0.5, 0.6) is 5.75 Å². The first-order chi connectivity index (χ1) is 15.7. The number of aromatic nitrogens is 1. The van der Waals surface area contributed by atoms with Crippen LogP contribution < -0.4 is 10.1 Å². The van der Waals surface area contributed by atoms with Gasteiger partial charge in [-0.05, 0) is 48.2 Å². The SMILES string of the molecule is COc1ccc([C@](Cc2ccccc2)(NC(=O)C2CC2)c2ccc(Cl)cn2)cc1C(F)(F)F. The smallest absolute Gasteiger partial charge is 0.419 e. The monoisotopic (exact) mass is 474 g/mol. The Bertz CT molecular complexity index is 1130. The van der Waals surface area contributed by atoms with Crippen LogP contribution in [0.25, 0.3) is 0 Å². The summed E-state index contributed by atoms with van der Waals surface area (Å²) in [4.78, 5) is 17.4. The number of hydrogen-bond donors (Lipinski definition) is 1. The predicted molar refractivity (Wildman–Crippen MR) is 119 cm³/mol. The van der Waals surface area contributed by atoms with Crippen LogP contribution >= 0.6 is 11.6 Å². The molecule has 1 aromatic heterocycles. The normalized spacial score (nSPS) is 15.5. The quantitative estimate of drug-likeness (QED) is 0.472. The number of carbonyl (C=O) groups is 1. The lowest BCUT2D eigenvalue weighted by molar-refractivity contribution is -0.138. The molecule has 172 valence electrons. The fraction of sp³-hybridized carbons (Fsp3) is 0.280. The first kappa shape index (κ1) is 23.1. The average molecular weight is 475 g/mol. The molecule has 1 saturated carbocycles. The molecule has 1 atom stereocenters. The van der Waals surface area contributed by atoms with E-state index in [1.54, 1.807) is 18.2 Å². The van der Waals surface area contributed by atoms with Crippen molar-refractivity contribution in [2.75, 3.05) is 7.11 Å². The third-order valence-corrected chi connectivity index (χ3v) is 5.98. The van der Waals surface area contributed by atoms with E-state index in [9.17, 15) is 18.0 Å². The molecule has 4 rings (SSSR count). The molecule has 0 radical (unpaired) electrons.